The average Bonchev–Trinajstić information content (AvgIpc) is 3.52. The van der Waals surface area contributed by atoms with Gasteiger partial charge in [-0.1, -0.05) is 48.5 Å². The minimum absolute atomic E-state index is 0.281. The van der Waals surface area contributed by atoms with Crippen molar-refractivity contribution in [1.82, 2.24) is 14.5 Å². The smallest absolute Gasteiger partial charge is 0.328 e. The summed E-state index contributed by atoms with van der Waals surface area (Å²) in [5, 5.41) is 9.15. The number of rotatable bonds is 8. The van der Waals surface area contributed by atoms with Crippen LogP contribution < -0.4 is 9.47 Å². The Bertz CT molecular complexity index is 1630. The molecule has 1 fully saturated rings. The Morgan fingerprint density at radius 3 is 2.60 bits per heavy atom. The number of aryl methyl sites for hydroxylation is 1. The maximum absolute atomic E-state index is 14.9. The molecule has 3 aromatic carbocycles. The van der Waals surface area contributed by atoms with Crippen LogP contribution in [0.3, 0.4) is 0 Å². The largest absolute Gasteiger partial charge is 0.478 e. The van der Waals surface area contributed by atoms with Crippen LogP contribution in [0, 0.1) is 12.7 Å². The summed E-state index contributed by atoms with van der Waals surface area (Å²) in [7, 11) is 0. The summed E-state index contributed by atoms with van der Waals surface area (Å²) in [4.78, 5) is 18.2. The highest BCUT2D eigenvalue weighted by Gasteiger charge is 2.42. The Kier molecular flexibility index (Phi) is 7.56. The number of carbonyl (C=O) groups is 1. The number of nitrogens with zero attached hydrogens (tertiary/aromatic N) is 3. The van der Waals surface area contributed by atoms with Crippen molar-refractivity contribution in [2.75, 3.05) is 13.1 Å². The van der Waals surface area contributed by atoms with Crippen molar-refractivity contribution in [2.45, 2.75) is 51.5 Å². The molecule has 2 aliphatic rings. The Hall–Kier alpha value is -4.43. The summed E-state index contributed by atoms with van der Waals surface area (Å²) in [6.07, 6.45) is 6.35. The lowest BCUT2D eigenvalue weighted by Crippen LogP contribution is -2.34. The van der Waals surface area contributed by atoms with Crippen LogP contribution in [0.1, 0.15) is 59.5 Å². The van der Waals surface area contributed by atoms with Crippen LogP contribution in [-0.4, -0.2) is 38.6 Å². The van der Waals surface area contributed by atoms with Crippen LogP contribution in [0.4, 0.5) is 4.39 Å². The molecule has 4 aromatic rings. The number of para-hydroxylation sites is 1. The van der Waals surface area contributed by atoms with Crippen LogP contribution >= 0.6 is 0 Å². The molecule has 0 saturated carbocycles. The van der Waals surface area contributed by atoms with Crippen molar-refractivity contribution in [3.63, 3.8) is 0 Å². The van der Waals surface area contributed by atoms with E-state index < -0.39 is 11.8 Å². The number of carboxylic acid groups (broad SMARTS) is 1. The Morgan fingerprint density at radius 2 is 1.86 bits per heavy atom. The first-order chi connectivity index (χ1) is 20.3. The molecule has 3 heterocycles. The minimum atomic E-state index is -1.22. The number of hydrogen-bond acceptors (Lipinski definition) is 5. The first kappa shape index (κ1) is 27.7. The number of ether oxygens (including phenoxy) is 2. The second-order valence-corrected chi connectivity index (χ2v) is 11.2. The number of aliphatic carboxylic acids is 1. The van der Waals surface area contributed by atoms with E-state index in [1.807, 2.05) is 43.3 Å². The molecule has 0 radical (unpaired) electrons. The summed E-state index contributed by atoms with van der Waals surface area (Å²) in [6, 6.07) is 21.2. The van der Waals surface area contributed by atoms with Gasteiger partial charge in [0.2, 0.25) is 0 Å². The summed E-state index contributed by atoms with van der Waals surface area (Å²) in [6.45, 7) is 6.65. The van der Waals surface area contributed by atoms with Crippen molar-refractivity contribution in [1.29, 1.82) is 0 Å². The number of fused-ring (bicyclic) bond motifs is 1. The highest BCUT2D eigenvalue weighted by molar-refractivity contribution is 5.84. The van der Waals surface area contributed by atoms with Crippen LogP contribution in [-0.2, 0) is 23.7 Å². The number of aromatic nitrogens is 2. The molecule has 0 amide bonds. The Balaban J connectivity index is 1.16. The molecule has 2 aliphatic heterocycles. The zero-order chi connectivity index (χ0) is 29.3. The van der Waals surface area contributed by atoms with E-state index in [2.05, 4.69) is 32.7 Å². The summed E-state index contributed by atoms with van der Waals surface area (Å²) < 4.78 is 29.6. The fourth-order valence-corrected chi connectivity index (χ4v) is 5.96. The second kappa shape index (κ2) is 11.4. The van der Waals surface area contributed by atoms with E-state index in [9.17, 15) is 9.18 Å². The van der Waals surface area contributed by atoms with E-state index in [-0.39, 0.29) is 11.7 Å². The van der Waals surface area contributed by atoms with Gasteiger partial charge in [-0.3, -0.25) is 4.90 Å². The molecule has 0 aliphatic carbocycles. The maximum atomic E-state index is 14.9. The van der Waals surface area contributed by atoms with Crippen molar-refractivity contribution >= 4 is 12.0 Å². The van der Waals surface area contributed by atoms with Crippen LogP contribution in [0.25, 0.3) is 6.08 Å². The van der Waals surface area contributed by atoms with Crippen LogP contribution in [0.2, 0.25) is 0 Å². The molecule has 7 nitrogen and oxygen atoms in total. The standard InChI is InChI=1S/C34H34FN3O4/c1-23-11-13-28(29(35)19-23)34(2)41-30-10-6-9-27(33(30)42-34)25-15-17-37(18-16-25)22-31-36-20-26(12-14-32(39)40)38(31)21-24-7-4-3-5-8-24/h3-14,19-20,25H,15-18,21-22H2,1-2H3,(H,39,40)/b14-12+. The lowest BCUT2D eigenvalue weighted by Gasteiger charge is -2.32. The Labute approximate surface area is 244 Å². The lowest BCUT2D eigenvalue weighted by molar-refractivity contribution is -0.131. The molecule has 0 spiro atoms. The SMILES string of the molecule is Cc1ccc(C2(C)Oc3cccc(C4CCN(Cc5ncc(/C=C/C(=O)O)n5Cc5ccccc5)CC4)c3O2)c(F)c1. The van der Waals surface area contributed by atoms with Crippen molar-refractivity contribution in [3.05, 3.63) is 119 Å². The van der Waals surface area contributed by atoms with Crippen LogP contribution in [0.5, 0.6) is 11.5 Å². The second-order valence-electron chi connectivity index (χ2n) is 11.2. The van der Waals surface area contributed by atoms with Gasteiger partial charge >= 0.3 is 5.97 Å². The average molecular weight is 568 g/mol. The van der Waals surface area contributed by atoms with E-state index >= 15 is 0 Å². The predicted octanol–water partition coefficient (Wildman–Crippen LogP) is 6.50. The first-order valence-corrected chi connectivity index (χ1v) is 14.3. The van der Waals surface area contributed by atoms with E-state index in [1.165, 1.54) is 6.07 Å². The molecule has 1 aromatic heterocycles. The molecule has 1 atom stereocenters. The van der Waals surface area contributed by atoms with E-state index in [4.69, 9.17) is 14.6 Å². The molecular weight excluding hydrogens is 533 g/mol. The fourth-order valence-electron chi connectivity index (χ4n) is 5.96. The lowest BCUT2D eigenvalue weighted by atomic mass is 9.88. The van der Waals surface area contributed by atoms with Gasteiger partial charge in [0.15, 0.2) is 11.5 Å². The van der Waals surface area contributed by atoms with Gasteiger partial charge in [-0.25, -0.2) is 14.2 Å². The van der Waals surface area contributed by atoms with Gasteiger partial charge in [-0.05, 0) is 74.2 Å². The van der Waals surface area contributed by atoms with Gasteiger partial charge in [-0.15, -0.1) is 0 Å². The number of hydrogen-bond donors (Lipinski definition) is 1. The molecule has 42 heavy (non-hydrogen) atoms. The van der Waals surface area contributed by atoms with Gasteiger partial charge in [0.1, 0.15) is 11.6 Å². The molecule has 0 bridgehead atoms. The molecule has 1 N–H and O–H groups in total. The summed E-state index contributed by atoms with van der Waals surface area (Å²) >= 11 is 0. The molecule has 1 saturated heterocycles. The zero-order valence-electron chi connectivity index (χ0n) is 23.8. The zero-order valence-corrected chi connectivity index (χ0v) is 23.8. The van der Waals surface area contributed by atoms with Gasteiger partial charge < -0.3 is 19.1 Å². The first-order valence-electron chi connectivity index (χ1n) is 14.3. The van der Waals surface area contributed by atoms with Crippen molar-refractivity contribution < 1.29 is 23.8 Å². The van der Waals surface area contributed by atoms with Gasteiger partial charge in [0.05, 0.1) is 24.0 Å². The molecule has 216 valence electrons. The molecule has 6 rings (SSSR count). The number of imidazole rings is 1. The van der Waals surface area contributed by atoms with E-state index in [0.29, 0.717) is 30.2 Å². The summed E-state index contributed by atoms with van der Waals surface area (Å²) in [5.74, 6) is -0.0308. The number of halogens is 1. The van der Waals surface area contributed by atoms with Crippen LogP contribution in [0.15, 0.2) is 79.0 Å². The number of piperidine rings is 1. The predicted molar refractivity (Wildman–Crippen MR) is 158 cm³/mol. The third kappa shape index (κ3) is 5.67. The molecule has 1 unspecified atom stereocenters. The third-order valence-electron chi connectivity index (χ3n) is 8.17. The van der Waals surface area contributed by atoms with Gasteiger partial charge in [0.25, 0.3) is 5.79 Å². The number of carboxylic acids is 1. The molecular formula is C34H34FN3O4. The summed E-state index contributed by atoms with van der Waals surface area (Å²) in [5.41, 5.74) is 4.20. The van der Waals surface area contributed by atoms with Gasteiger partial charge in [-0.2, -0.15) is 0 Å². The normalized spacial score (nSPS) is 19.0. The fraction of sp³-hybridized carbons (Fsp3) is 0.294. The van der Waals surface area contributed by atoms with Crippen molar-refractivity contribution in [2.24, 2.45) is 0 Å². The highest BCUT2D eigenvalue weighted by atomic mass is 19.1. The topological polar surface area (TPSA) is 76.8 Å². The van der Waals surface area contributed by atoms with Crippen molar-refractivity contribution in [3.8, 4) is 11.5 Å². The Morgan fingerprint density at radius 1 is 1.07 bits per heavy atom. The highest BCUT2D eigenvalue weighted by Crippen LogP contribution is 2.49. The number of benzene rings is 3. The minimum Gasteiger partial charge on any atom is -0.478 e. The quantitative estimate of drug-likeness (QED) is 0.245. The van der Waals surface area contributed by atoms with Gasteiger partial charge in [0, 0.05) is 25.1 Å². The molecule has 8 heteroatoms. The maximum Gasteiger partial charge on any atom is 0.328 e. The van der Waals surface area contributed by atoms with E-state index in [0.717, 1.165) is 60.2 Å². The number of likely N-dealkylation sites (tertiary alicyclic amines) is 1. The third-order valence-corrected chi connectivity index (χ3v) is 8.17. The van der Waals surface area contributed by atoms with E-state index in [1.54, 1.807) is 25.3 Å². The monoisotopic (exact) mass is 567 g/mol.